The second-order valence-corrected chi connectivity index (χ2v) is 26.4. The molecule has 0 saturated carbocycles. The van der Waals surface area contributed by atoms with Gasteiger partial charge in [0.1, 0.15) is 0 Å². The van der Waals surface area contributed by atoms with Crippen molar-refractivity contribution in [1.82, 2.24) is 5.32 Å². The van der Waals surface area contributed by atoms with Crippen molar-refractivity contribution in [3.63, 3.8) is 0 Å². The Balaban J connectivity index is 3.30. The number of unbranched alkanes of at least 4 members (excludes halogenated alkanes) is 61. The Bertz CT molecular complexity index is 1180. The quantitative estimate of drug-likeness (QED) is 0.0417. The number of ether oxygens (including phenoxy) is 1. The van der Waals surface area contributed by atoms with E-state index in [9.17, 15) is 19.8 Å². The smallest absolute Gasteiger partial charge is 0.305 e. The fourth-order valence-corrected chi connectivity index (χ4v) is 12.4. The van der Waals surface area contributed by atoms with Crippen LogP contribution in [-0.4, -0.2) is 47.4 Å². The number of carbonyl (C=O) groups excluding carboxylic acids is 2. The number of hydrogen-bond donors (Lipinski definition) is 3. The average molecular weight is 1150 g/mol. The van der Waals surface area contributed by atoms with Gasteiger partial charge in [0.05, 0.1) is 25.4 Å². The standard InChI is InChI=1S/C75H149NO5/c1-3-5-7-9-11-13-15-17-19-37-40-43-47-51-55-59-63-67-73(78)72(71-77)76-74(79)68-64-60-56-52-48-44-41-38-35-33-31-29-27-25-23-21-20-22-24-26-28-30-32-34-36-39-42-46-50-54-58-62-66-70-81-75(80)69-65-61-57-53-49-45-18-16-14-12-10-8-6-4-2/h72-73,77-78H,3-71H2,1-2H3,(H,76,79). The number of hydrogen-bond acceptors (Lipinski definition) is 5. The molecule has 6 nitrogen and oxygen atoms in total. The molecule has 0 aromatic carbocycles. The van der Waals surface area contributed by atoms with Gasteiger partial charge in [-0.15, -0.1) is 0 Å². The normalized spacial score (nSPS) is 12.4. The van der Waals surface area contributed by atoms with E-state index >= 15 is 0 Å². The van der Waals surface area contributed by atoms with E-state index in [0.29, 0.717) is 25.9 Å². The second-order valence-electron chi connectivity index (χ2n) is 26.4. The summed E-state index contributed by atoms with van der Waals surface area (Å²) >= 11 is 0. The zero-order valence-corrected chi connectivity index (χ0v) is 55.6. The molecule has 0 aliphatic carbocycles. The van der Waals surface area contributed by atoms with Gasteiger partial charge in [0, 0.05) is 12.8 Å². The van der Waals surface area contributed by atoms with Crippen LogP contribution in [0.15, 0.2) is 0 Å². The van der Waals surface area contributed by atoms with Crippen molar-refractivity contribution in [2.24, 2.45) is 0 Å². The van der Waals surface area contributed by atoms with Crippen LogP contribution in [0, 0.1) is 0 Å². The molecule has 0 aromatic heterocycles. The molecule has 0 rings (SSSR count). The van der Waals surface area contributed by atoms with Crippen molar-refractivity contribution in [1.29, 1.82) is 0 Å². The fourth-order valence-electron chi connectivity index (χ4n) is 12.4. The van der Waals surface area contributed by atoms with Crippen LogP contribution < -0.4 is 5.32 Å². The van der Waals surface area contributed by atoms with Crippen LogP contribution in [0.4, 0.5) is 0 Å². The summed E-state index contributed by atoms with van der Waals surface area (Å²) in [5, 5.41) is 23.4. The molecule has 81 heavy (non-hydrogen) atoms. The Labute approximate surface area is 508 Å². The Morgan fingerprint density at radius 1 is 0.296 bits per heavy atom. The third kappa shape index (κ3) is 67.9. The first kappa shape index (κ1) is 79.9. The van der Waals surface area contributed by atoms with Crippen LogP contribution in [0.2, 0.25) is 0 Å². The van der Waals surface area contributed by atoms with Crippen LogP contribution in [-0.2, 0) is 14.3 Å². The first-order valence-electron chi connectivity index (χ1n) is 37.8. The van der Waals surface area contributed by atoms with Gasteiger partial charge in [-0.2, -0.15) is 0 Å². The third-order valence-corrected chi connectivity index (χ3v) is 18.2. The second kappa shape index (κ2) is 71.3. The molecule has 484 valence electrons. The summed E-state index contributed by atoms with van der Waals surface area (Å²) in [5.74, 6) is -0.0000756. The fraction of sp³-hybridized carbons (Fsp3) is 0.973. The maximum absolute atomic E-state index is 12.5. The Kier molecular flexibility index (Phi) is 70.3. The molecule has 6 heteroatoms. The van der Waals surface area contributed by atoms with Gasteiger partial charge in [0.25, 0.3) is 0 Å². The van der Waals surface area contributed by atoms with Gasteiger partial charge in [-0.3, -0.25) is 9.59 Å². The van der Waals surface area contributed by atoms with Crippen molar-refractivity contribution in [3.8, 4) is 0 Å². The minimum absolute atomic E-state index is 0.0253. The highest BCUT2D eigenvalue weighted by atomic mass is 16.5. The first-order valence-corrected chi connectivity index (χ1v) is 37.8. The van der Waals surface area contributed by atoms with E-state index in [1.807, 2.05) is 0 Å². The molecule has 0 bridgehead atoms. The van der Waals surface area contributed by atoms with Crippen molar-refractivity contribution in [2.75, 3.05) is 13.2 Å². The molecule has 0 spiro atoms. The van der Waals surface area contributed by atoms with Crippen molar-refractivity contribution in [3.05, 3.63) is 0 Å². The lowest BCUT2D eigenvalue weighted by Crippen LogP contribution is -2.45. The van der Waals surface area contributed by atoms with Crippen molar-refractivity contribution < 1.29 is 24.5 Å². The van der Waals surface area contributed by atoms with Crippen LogP contribution >= 0.6 is 0 Å². The Morgan fingerprint density at radius 3 is 0.753 bits per heavy atom. The van der Waals surface area contributed by atoms with Gasteiger partial charge in [-0.1, -0.05) is 406 Å². The zero-order chi connectivity index (χ0) is 58.5. The molecule has 1 amide bonds. The van der Waals surface area contributed by atoms with Crippen molar-refractivity contribution >= 4 is 11.9 Å². The summed E-state index contributed by atoms with van der Waals surface area (Å²) in [4.78, 5) is 24.6. The monoisotopic (exact) mass is 1140 g/mol. The molecule has 2 unspecified atom stereocenters. The lowest BCUT2D eigenvalue weighted by atomic mass is 10.0. The van der Waals surface area contributed by atoms with Gasteiger partial charge in [0.2, 0.25) is 5.91 Å². The molecule has 0 aliphatic heterocycles. The lowest BCUT2D eigenvalue weighted by Gasteiger charge is -2.22. The van der Waals surface area contributed by atoms with E-state index < -0.39 is 12.1 Å². The number of aliphatic hydroxyl groups excluding tert-OH is 2. The maximum Gasteiger partial charge on any atom is 0.305 e. The van der Waals surface area contributed by atoms with Gasteiger partial charge in [-0.25, -0.2) is 0 Å². The molecule has 3 N–H and O–H groups in total. The summed E-state index contributed by atoms with van der Waals surface area (Å²) in [6, 6.07) is -0.537. The SMILES string of the molecule is CCCCCCCCCCCCCCCCCCCC(O)C(CO)NC(=O)CCCCCCCCCCCCCCCCCCCCCCCCCCCCCCCCCCCOC(=O)CCCCCCCCCCCCCCCC. The Hall–Kier alpha value is -1.14. The van der Waals surface area contributed by atoms with Crippen LogP contribution in [0.3, 0.4) is 0 Å². The van der Waals surface area contributed by atoms with E-state index in [1.165, 1.54) is 372 Å². The summed E-state index contributed by atoms with van der Waals surface area (Å²) in [5.41, 5.74) is 0. The topological polar surface area (TPSA) is 95.9 Å². The number of aliphatic hydroxyl groups is 2. The number of nitrogens with one attached hydrogen (secondary N) is 1. The van der Waals surface area contributed by atoms with E-state index in [1.54, 1.807) is 0 Å². The van der Waals surface area contributed by atoms with Gasteiger partial charge in [-0.05, 0) is 25.7 Å². The van der Waals surface area contributed by atoms with Gasteiger partial charge >= 0.3 is 5.97 Å². The van der Waals surface area contributed by atoms with E-state index in [2.05, 4.69) is 19.2 Å². The van der Waals surface area contributed by atoms with Crippen molar-refractivity contribution in [2.45, 2.75) is 456 Å². The zero-order valence-electron chi connectivity index (χ0n) is 55.6. The maximum atomic E-state index is 12.5. The number of esters is 1. The minimum Gasteiger partial charge on any atom is -0.466 e. The first-order chi connectivity index (χ1) is 40.0. The Morgan fingerprint density at radius 2 is 0.506 bits per heavy atom. The third-order valence-electron chi connectivity index (χ3n) is 18.2. The van der Waals surface area contributed by atoms with Crippen LogP contribution in [0.25, 0.3) is 0 Å². The molecule has 0 aliphatic rings. The largest absolute Gasteiger partial charge is 0.466 e. The number of amides is 1. The van der Waals surface area contributed by atoms with E-state index in [0.717, 1.165) is 38.5 Å². The lowest BCUT2D eigenvalue weighted by molar-refractivity contribution is -0.143. The number of carbonyl (C=O) groups is 2. The van der Waals surface area contributed by atoms with Gasteiger partial charge in [0.15, 0.2) is 0 Å². The van der Waals surface area contributed by atoms with E-state index in [-0.39, 0.29) is 18.5 Å². The molecule has 0 radical (unpaired) electrons. The summed E-state index contributed by atoms with van der Waals surface area (Å²) in [7, 11) is 0. The highest BCUT2D eigenvalue weighted by molar-refractivity contribution is 5.76. The molecular formula is C75H149NO5. The predicted molar refractivity (Wildman–Crippen MR) is 357 cm³/mol. The molecule has 0 heterocycles. The summed E-state index contributed by atoms with van der Waals surface area (Å²) in [6.45, 7) is 5.01. The molecule has 0 aromatic rings. The van der Waals surface area contributed by atoms with Gasteiger partial charge < -0.3 is 20.3 Å². The van der Waals surface area contributed by atoms with E-state index in [4.69, 9.17) is 4.74 Å². The highest BCUT2D eigenvalue weighted by Gasteiger charge is 2.20. The molecule has 0 saturated heterocycles. The summed E-state index contributed by atoms with van der Waals surface area (Å²) in [6.07, 6.45) is 87.5. The predicted octanol–water partition coefficient (Wildman–Crippen LogP) is 24.5. The minimum atomic E-state index is -0.660. The average Bonchev–Trinajstić information content (AvgIpc) is 3.47. The molecular weight excluding hydrogens is 995 g/mol. The number of rotatable bonds is 72. The molecule has 0 fully saturated rings. The van der Waals surface area contributed by atoms with Crippen LogP contribution in [0.1, 0.15) is 444 Å². The van der Waals surface area contributed by atoms with Crippen LogP contribution in [0.5, 0.6) is 0 Å². The summed E-state index contributed by atoms with van der Waals surface area (Å²) < 4.78 is 5.50. The molecule has 2 atom stereocenters. The highest BCUT2D eigenvalue weighted by Crippen LogP contribution is 2.20.